The summed E-state index contributed by atoms with van der Waals surface area (Å²) in [5, 5.41) is 16.2. The molecular weight excluding hydrogens is 568 g/mol. The molecule has 1 aliphatic carbocycles. The number of nitrogens with two attached hydrogens (primary N) is 1. The Hall–Kier alpha value is -3.12. The highest BCUT2D eigenvalue weighted by molar-refractivity contribution is 7.86. The highest BCUT2D eigenvalue weighted by Crippen LogP contribution is 2.49. The van der Waals surface area contributed by atoms with E-state index in [4.69, 9.17) is 14.6 Å². The van der Waals surface area contributed by atoms with E-state index < -0.39 is 16.2 Å². The molecular formula is C32H44N4O6S. The van der Waals surface area contributed by atoms with Crippen molar-refractivity contribution in [1.29, 1.82) is 0 Å². The molecule has 3 N–H and O–H groups in total. The molecule has 1 fully saturated rings. The number of hydrogen-bond donors (Lipinski definition) is 2. The normalized spacial score (nSPS) is 17.8. The van der Waals surface area contributed by atoms with Crippen molar-refractivity contribution in [2.75, 3.05) is 47.4 Å². The van der Waals surface area contributed by atoms with E-state index in [9.17, 15) is 18.3 Å². The number of para-hydroxylation sites is 1. The number of methoxy groups -OCH3 is 1. The number of carbonyl (C=O) groups is 1. The van der Waals surface area contributed by atoms with E-state index >= 15 is 0 Å². The van der Waals surface area contributed by atoms with Crippen LogP contribution in [0.5, 0.6) is 11.5 Å². The maximum Gasteiger partial charge on any atom is 0.335 e. The number of fused-ring (bicyclic) bond motifs is 5. The molecule has 3 aromatic rings. The molecule has 1 aliphatic heterocycles. The van der Waals surface area contributed by atoms with Gasteiger partial charge in [-0.2, -0.15) is 12.7 Å². The lowest BCUT2D eigenvalue weighted by molar-refractivity contribution is 0.0697. The summed E-state index contributed by atoms with van der Waals surface area (Å²) in [6.07, 6.45) is 7.37. The van der Waals surface area contributed by atoms with E-state index in [-0.39, 0.29) is 11.5 Å². The van der Waals surface area contributed by atoms with E-state index in [1.165, 1.54) is 36.2 Å². The Balaban J connectivity index is 1.51. The van der Waals surface area contributed by atoms with Crippen LogP contribution in [0.15, 0.2) is 36.4 Å². The molecule has 2 heterocycles. The lowest BCUT2D eigenvalue weighted by atomic mass is 9.81. The number of aromatic nitrogens is 1. The summed E-state index contributed by atoms with van der Waals surface area (Å²) in [5.41, 5.74) is 4.63. The van der Waals surface area contributed by atoms with Gasteiger partial charge in [-0.15, -0.1) is 0 Å². The number of carboxylic acid groups (broad SMARTS) is 1. The van der Waals surface area contributed by atoms with Crippen LogP contribution in [-0.2, 0) is 16.8 Å². The topological polar surface area (TPSA) is 127 Å². The third kappa shape index (κ3) is 6.85. The first-order chi connectivity index (χ1) is 20.6. The number of benzene rings is 2. The second kappa shape index (κ2) is 13.3. The van der Waals surface area contributed by atoms with Crippen LogP contribution in [0.4, 0.5) is 0 Å². The zero-order valence-electron chi connectivity index (χ0n) is 25.4. The molecule has 0 bridgehead atoms. The smallest absolute Gasteiger partial charge is 0.335 e. The van der Waals surface area contributed by atoms with Crippen molar-refractivity contribution in [2.45, 2.75) is 57.4 Å². The van der Waals surface area contributed by atoms with Gasteiger partial charge in [-0.25, -0.2) is 9.93 Å². The zero-order valence-corrected chi connectivity index (χ0v) is 26.2. The molecule has 1 atom stereocenters. The van der Waals surface area contributed by atoms with Crippen LogP contribution in [0.1, 0.15) is 66.8 Å². The van der Waals surface area contributed by atoms with Gasteiger partial charge in [-0.3, -0.25) is 0 Å². The highest BCUT2D eigenvalue weighted by Gasteiger charge is 2.32. The van der Waals surface area contributed by atoms with Gasteiger partial charge < -0.3 is 24.0 Å². The summed E-state index contributed by atoms with van der Waals surface area (Å²) in [6.45, 7) is 3.08. The van der Waals surface area contributed by atoms with E-state index in [1.807, 2.05) is 31.3 Å². The van der Waals surface area contributed by atoms with Crippen LogP contribution < -0.4 is 14.6 Å². The molecule has 0 radical (unpaired) electrons. The number of hydrogen-bond acceptors (Lipinski definition) is 6. The van der Waals surface area contributed by atoms with Gasteiger partial charge in [0.1, 0.15) is 0 Å². The van der Waals surface area contributed by atoms with Gasteiger partial charge >= 0.3 is 5.97 Å². The summed E-state index contributed by atoms with van der Waals surface area (Å²) in [7, 11) is 1.51. The fourth-order valence-corrected chi connectivity index (χ4v) is 7.08. The van der Waals surface area contributed by atoms with E-state index in [2.05, 4.69) is 15.5 Å². The van der Waals surface area contributed by atoms with Crippen LogP contribution >= 0.6 is 0 Å². The lowest BCUT2D eigenvalue weighted by Gasteiger charge is -2.29. The highest BCUT2D eigenvalue weighted by atomic mass is 32.2. The first-order valence-electron chi connectivity index (χ1n) is 15.2. The average Bonchev–Trinajstić information content (AvgIpc) is 3.29. The van der Waals surface area contributed by atoms with Gasteiger partial charge in [0.25, 0.3) is 10.2 Å². The Labute approximate surface area is 254 Å². The second-order valence-electron chi connectivity index (χ2n) is 12.1. The second-order valence-corrected chi connectivity index (χ2v) is 13.7. The third-order valence-electron chi connectivity index (χ3n) is 9.09. The maximum absolute atomic E-state index is 12.1. The molecule has 0 saturated heterocycles. The quantitative estimate of drug-likeness (QED) is 0.315. The minimum absolute atomic E-state index is 0.148. The Kier molecular flexibility index (Phi) is 9.65. The van der Waals surface area contributed by atoms with Crippen LogP contribution in [0.25, 0.3) is 22.2 Å². The van der Waals surface area contributed by atoms with Crippen molar-refractivity contribution >= 4 is 27.1 Å². The van der Waals surface area contributed by atoms with E-state index in [0.29, 0.717) is 37.8 Å². The fourth-order valence-electron chi connectivity index (χ4n) is 6.70. The SMILES string of the molecule is COc1cccc2c1OC[C@H](CCN(C)CCCN(C)S(N)(=O)=O)Cn1c-2c(C2CCCCC2)c2ccc(C(=O)O)cc21. The van der Waals surface area contributed by atoms with Gasteiger partial charge in [0.15, 0.2) is 11.5 Å². The number of nitrogens with zero attached hydrogens (tertiary/aromatic N) is 3. The van der Waals surface area contributed by atoms with Crippen LogP contribution in [0.3, 0.4) is 0 Å². The van der Waals surface area contributed by atoms with Crippen LogP contribution in [0.2, 0.25) is 0 Å². The third-order valence-corrected chi connectivity index (χ3v) is 10.1. The summed E-state index contributed by atoms with van der Waals surface area (Å²) >= 11 is 0. The van der Waals surface area contributed by atoms with Crippen LogP contribution in [0, 0.1) is 5.92 Å². The summed E-state index contributed by atoms with van der Waals surface area (Å²) < 4.78 is 38.9. The zero-order chi connectivity index (χ0) is 30.7. The largest absolute Gasteiger partial charge is 0.493 e. The van der Waals surface area contributed by atoms with Gasteiger partial charge in [-0.05, 0) is 81.6 Å². The molecule has 43 heavy (non-hydrogen) atoms. The van der Waals surface area contributed by atoms with Gasteiger partial charge in [-0.1, -0.05) is 31.4 Å². The lowest BCUT2D eigenvalue weighted by Crippen LogP contribution is -2.35. The first kappa shape index (κ1) is 31.3. The fraction of sp³-hybridized carbons (Fsp3) is 0.531. The van der Waals surface area contributed by atoms with E-state index in [0.717, 1.165) is 60.3 Å². The summed E-state index contributed by atoms with van der Waals surface area (Å²) in [4.78, 5) is 14.3. The number of aromatic carboxylic acids is 1. The van der Waals surface area contributed by atoms with Crippen molar-refractivity contribution in [2.24, 2.45) is 11.1 Å². The van der Waals surface area contributed by atoms with Crippen molar-refractivity contribution in [3.63, 3.8) is 0 Å². The Morgan fingerprint density at radius 2 is 1.88 bits per heavy atom. The Morgan fingerprint density at radius 3 is 2.58 bits per heavy atom. The number of ether oxygens (including phenoxy) is 2. The minimum Gasteiger partial charge on any atom is -0.493 e. The molecule has 1 aromatic heterocycles. The van der Waals surface area contributed by atoms with Gasteiger partial charge in [0.2, 0.25) is 0 Å². The van der Waals surface area contributed by atoms with Crippen molar-refractivity contribution in [3.8, 4) is 22.8 Å². The molecule has 5 rings (SSSR count). The van der Waals surface area contributed by atoms with E-state index in [1.54, 1.807) is 13.2 Å². The standard InChI is InChI=1S/C32H44N4O6S/c1-34(16-8-17-35(2)43(33,39)40)18-15-22-20-36-27-19-24(32(37)38)13-14-25(27)29(23-9-5-4-6-10-23)30(36)26-11-7-12-28(41-3)31(26)42-21-22/h7,11-14,19,22-23H,4-6,8-10,15-18,20-21H2,1-3H3,(H,37,38)(H2,33,39,40)/t22-/m1/s1. The number of carboxylic acids is 1. The first-order valence-corrected chi connectivity index (χ1v) is 16.7. The molecule has 234 valence electrons. The van der Waals surface area contributed by atoms with Crippen LogP contribution in [-0.4, -0.2) is 80.7 Å². The molecule has 11 heteroatoms. The Bertz CT molecular complexity index is 1560. The molecule has 0 unspecified atom stereocenters. The van der Waals surface area contributed by atoms with Crippen molar-refractivity contribution in [1.82, 2.24) is 13.8 Å². The predicted molar refractivity (Wildman–Crippen MR) is 168 cm³/mol. The predicted octanol–water partition coefficient (Wildman–Crippen LogP) is 4.92. The number of rotatable bonds is 11. The molecule has 0 spiro atoms. The minimum atomic E-state index is -3.68. The molecule has 10 nitrogen and oxygen atoms in total. The molecule has 2 aliphatic rings. The monoisotopic (exact) mass is 612 g/mol. The molecule has 2 aromatic carbocycles. The van der Waals surface area contributed by atoms with Crippen molar-refractivity contribution < 1.29 is 27.8 Å². The van der Waals surface area contributed by atoms with Gasteiger partial charge in [0.05, 0.1) is 25.0 Å². The average molecular weight is 613 g/mol. The summed E-state index contributed by atoms with van der Waals surface area (Å²) in [6, 6.07) is 11.6. The van der Waals surface area contributed by atoms with Gasteiger partial charge in [0, 0.05) is 42.5 Å². The molecule has 1 saturated carbocycles. The molecule has 0 amide bonds. The Morgan fingerprint density at radius 1 is 1.12 bits per heavy atom. The maximum atomic E-state index is 12.1. The summed E-state index contributed by atoms with van der Waals surface area (Å²) in [5.74, 6) is 1.02. The van der Waals surface area contributed by atoms with Crippen molar-refractivity contribution in [3.05, 3.63) is 47.5 Å².